The molecule has 2 bridgehead atoms. The number of hydrogen-bond donors (Lipinski definition) is 2. The lowest BCUT2D eigenvalue weighted by atomic mass is 9.76. The maximum atomic E-state index is 10.6. The van der Waals surface area contributed by atoms with E-state index in [1.54, 1.807) is 28.4 Å². The number of phenols is 1. The predicted molar refractivity (Wildman–Crippen MR) is 173 cm³/mol. The van der Waals surface area contributed by atoms with Crippen LogP contribution in [0.1, 0.15) is 57.1 Å². The van der Waals surface area contributed by atoms with Gasteiger partial charge in [-0.15, -0.1) is 0 Å². The Morgan fingerprint density at radius 2 is 1.47 bits per heavy atom. The normalized spacial score (nSPS) is 20.0. The average Bonchev–Trinajstić information content (AvgIpc) is 3.06. The SMILES string of the molecule is COc1ccc(C[C@@H]2NCCc3ccc(Oc4c5c(cc(OC)c4OC)[C@H]4Cc6cc(O)c(OC)cc6[C@@H](C5)N4C)cc32)cc1. The van der Waals surface area contributed by atoms with Crippen LogP contribution in [-0.4, -0.2) is 52.0 Å². The van der Waals surface area contributed by atoms with Gasteiger partial charge >= 0.3 is 0 Å². The molecule has 0 aliphatic carbocycles. The molecule has 2 N–H and O–H groups in total. The Hall–Kier alpha value is -4.40. The molecule has 0 saturated heterocycles. The zero-order valence-electron chi connectivity index (χ0n) is 26.5. The molecule has 234 valence electrons. The molecule has 3 atom stereocenters. The standard InChI is InChI=1S/C37H40N2O6/c1-39-31-15-23-16-33(40)34(42-3)19-27(23)32(39)18-29-28(31)20-35(43-4)37(44-5)36(29)45-25-11-8-22-12-13-38-30(26(22)17-25)14-21-6-9-24(41-2)10-7-21/h6-11,16-17,19-20,30-32,38,40H,12-15,18H2,1-5H3/t30-,31+,32+/m0/s1. The number of benzene rings is 4. The van der Waals surface area contributed by atoms with Gasteiger partial charge in [0, 0.05) is 23.7 Å². The molecule has 3 aliphatic heterocycles. The topological polar surface area (TPSA) is 81.7 Å². The zero-order valence-corrected chi connectivity index (χ0v) is 26.5. The van der Waals surface area contributed by atoms with E-state index in [1.807, 2.05) is 24.3 Å². The smallest absolute Gasteiger partial charge is 0.204 e. The zero-order chi connectivity index (χ0) is 31.2. The highest BCUT2D eigenvalue weighted by molar-refractivity contribution is 5.64. The molecular weight excluding hydrogens is 568 g/mol. The number of aromatic hydroxyl groups is 1. The minimum atomic E-state index is 0.0859. The third kappa shape index (κ3) is 5.12. The van der Waals surface area contributed by atoms with Gasteiger partial charge < -0.3 is 34.1 Å². The number of likely N-dealkylation sites (N-methyl/N-ethyl adjacent to an activating group) is 1. The molecule has 8 heteroatoms. The van der Waals surface area contributed by atoms with Crippen LogP contribution in [0.2, 0.25) is 0 Å². The summed E-state index contributed by atoms with van der Waals surface area (Å²) in [6, 6.07) is 21.0. The largest absolute Gasteiger partial charge is 0.504 e. The summed E-state index contributed by atoms with van der Waals surface area (Å²) >= 11 is 0. The second-order valence-corrected chi connectivity index (χ2v) is 12.1. The van der Waals surface area contributed by atoms with Crippen molar-refractivity contribution in [1.29, 1.82) is 0 Å². The summed E-state index contributed by atoms with van der Waals surface area (Å²) in [4.78, 5) is 2.41. The Morgan fingerprint density at radius 3 is 2.20 bits per heavy atom. The van der Waals surface area contributed by atoms with E-state index in [9.17, 15) is 5.11 Å². The summed E-state index contributed by atoms with van der Waals surface area (Å²) < 4.78 is 29.5. The Bertz CT molecular complexity index is 1740. The fourth-order valence-electron chi connectivity index (χ4n) is 7.45. The highest BCUT2D eigenvalue weighted by Crippen LogP contribution is 2.55. The molecule has 4 aromatic carbocycles. The van der Waals surface area contributed by atoms with Crippen LogP contribution in [0.5, 0.6) is 40.2 Å². The van der Waals surface area contributed by atoms with Crippen LogP contribution in [0.15, 0.2) is 60.7 Å². The van der Waals surface area contributed by atoms with E-state index >= 15 is 0 Å². The lowest BCUT2D eigenvalue weighted by Crippen LogP contribution is -2.40. The van der Waals surface area contributed by atoms with E-state index in [-0.39, 0.29) is 23.9 Å². The number of ether oxygens (including phenoxy) is 5. The van der Waals surface area contributed by atoms with Gasteiger partial charge in [0.25, 0.3) is 0 Å². The molecule has 0 radical (unpaired) electrons. The second kappa shape index (κ2) is 11.8. The van der Waals surface area contributed by atoms with Gasteiger partial charge in [-0.05, 0) is 115 Å². The van der Waals surface area contributed by atoms with Gasteiger partial charge in [-0.2, -0.15) is 0 Å². The van der Waals surface area contributed by atoms with Crippen LogP contribution >= 0.6 is 0 Å². The van der Waals surface area contributed by atoms with Crippen molar-refractivity contribution in [2.45, 2.75) is 43.8 Å². The first-order valence-electron chi connectivity index (χ1n) is 15.5. The quantitative estimate of drug-likeness (QED) is 0.236. The van der Waals surface area contributed by atoms with E-state index < -0.39 is 0 Å². The molecule has 45 heavy (non-hydrogen) atoms. The molecule has 3 aliphatic rings. The van der Waals surface area contributed by atoms with Crippen molar-refractivity contribution >= 4 is 0 Å². The third-order valence-corrected chi connectivity index (χ3v) is 9.81. The average molecular weight is 609 g/mol. The van der Waals surface area contributed by atoms with Crippen LogP contribution < -0.4 is 29.0 Å². The minimum Gasteiger partial charge on any atom is -0.504 e. The van der Waals surface area contributed by atoms with E-state index in [0.29, 0.717) is 29.4 Å². The van der Waals surface area contributed by atoms with Crippen molar-refractivity contribution in [3.05, 3.63) is 99.6 Å². The number of methoxy groups -OCH3 is 4. The molecule has 0 amide bonds. The number of phenolic OH excluding ortho intramolecular Hbond substituents is 1. The first-order chi connectivity index (χ1) is 21.9. The summed E-state index contributed by atoms with van der Waals surface area (Å²) in [7, 11) is 8.77. The van der Waals surface area contributed by atoms with Crippen LogP contribution in [0.4, 0.5) is 0 Å². The molecule has 0 unspecified atom stereocenters. The molecule has 0 aromatic heterocycles. The minimum absolute atomic E-state index is 0.0859. The molecule has 0 saturated carbocycles. The molecular formula is C37H40N2O6. The van der Waals surface area contributed by atoms with Gasteiger partial charge in [0.15, 0.2) is 23.0 Å². The second-order valence-electron chi connectivity index (χ2n) is 12.1. The highest BCUT2D eigenvalue weighted by atomic mass is 16.5. The van der Waals surface area contributed by atoms with Crippen LogP contribution in [-0.2, 0) is 25.7 Å². The van der Waals surface area contributed by atoms with Crippen LogP contribution in [0.3, 0.4) is 0 Å². The fraction of sp³-hybridized carbons (Fsp3) is 0.351. The van der Waals surface area contributed by atoms with E-state index in [1.165, 1.54) is 16.7 Å². The molecule has 7 rings (SSSR count). The summed E-state index contributed by atoms with van der Waals surface area (Å²) in [5.74, 6) is 4.20. The van der Waals surface area contributed by atoms with Crippen molar-refractivity contribution in [3.8, 4) is 40.2 Å². The third-order valence-electron chi connectivity index (χ3n) is 9.81. The van der Waals surface area contributed by atoms with E-state index in [2.05, 4.69) is 53.7 Å². The maximum Gasteiger partial charge on any atom is 0.204 e. The lowest BCUT2D eigenvalue weighted by molar-refractivity contribution is 0.135. The molecule has 4 aromatic rings. The van der Waals surface area contributed by atoms with Gasteiger partial charge in [0.1, 0.15) is 11.5 Å². The molecule has 0 fully saturated rings. The lowest BCUT2D eigenvalue weighted by Gasteiger charge is -2.46. The molecule has 8 nitrogen and oxygen atoms in total. The monoisotopic (exact) mass is 608 g/mol. The van der Waals surface area contributed by atoms with Gasteiger partial charge in [0.2, 0.25) is 5.75 Å². The fourth-order valence-corrected chi connectivity index (χ4v) is 7.45. The maximum absolute atomic E-state index is 10.6. The highest BCUT2D eigenvalue weighted by Gasteiger charge is 2.41. The number of hydrogen-bond acceptors (Lipinski definition) is 8. The summed E-state index contributed by atoms with van der Waals surface area (Å²) in [5, 5.41) is 14.3. The number of fused-ring (bicyclic) bond motifs is 7. The van der Waals surface area contributed by atoms with Crippen molar-refractivity contribution in [2.75, 3.05) is 42.0 Å². The number of rotatable bonds is 8. The molecule has 3 heterocycles. The van der Waals surface area contributed by atoms with Crippen molar-refractivity contribution < 1.29 is 28.8 Å². The van der Waals surface area contributed by atoms with Crippen LogP contribution in [0, 0.1) is 0 Å². The van der Waals surface area contributed by atoms with Gasteiger partial charge in [-0.25, -0.2) is 0 Å². The van der Waals surface area contributed by atoms with Crippen molar-refractivity contribution in [2.24, 2.45) is 0 Å². The van der Waals surface area contributed by atoms with E-state index in [4.69, 9.17) is 23.7 Å². The van der Waals surface area contributed by atoms with Crippen molar-refractivity contribution in [1.82, 2.24) is 10.2 Å². The van der Waals surface area contributed by atoms with Crippen LogP contribution in [0.25, 0.3) is 0 Å². The Balaban J connectivity index is 1.27. The first-order valence-corrected chi connectivity index (χ1v) is 15.5. The Kier molecular flexibility index (Phi) is 7.71. The number of nitrogens with zero attached hydrogens (tertiary/aromatic N) is 1. The Labute approximate surface area is 264 Å². The summed E-state index contributed by atoms with van der Waals surface area (Å²) in [6.07, 6.45) is 3.30. The predicted octanol–water partition coefficient (Wildman–Crippen LogP) is 6.47. The van der Waals surface area contributed by atoms with Gasteiger partial charge in [0.05, 0.1) is 28.4 Å². The first kappa shape index (κ1) is 29.3. The van der Waals surface area contributed by atoms with Crippen molar-refractivity contribution in [3.63, 3.8) is 0 Å². The molecule has 0 spiro atoms. The summed E-state index contributed by atoms with van der Waals surface area (Å²) in [6.45, 7) is 0.936. The van der Waals surface area contributed by atoms with Gasteiger partial charge in [-0.3, -0.25) is 4.90 Å². The summed E-state index contributed by atoms with van der Waals surface area (Å²) in [5.41, 5.74) is 8.40. The Morgan fingerprint density at radius 1 is 0.733 bits per heavy atom. The number of nitrogens with one attached hydrogen (secondary N) is 1. The van der Waals surface area contributed by atoms with E-state index in [0.717, 1.165) is 59.6 Å². The van der Waals surface area contributed by atoms with Gasteiger partial charge in [-0.1, -0.05) is 18.2 Å².